The standard InChI is InChI=1S/C8H19NO/c1-4-5-8(2,10)6-7-9-3/h9-10H,4-7H2,1-3H3. The zero-order valence-corrected chi connectivity index (χ0v) is 7.28. The highest BCUT2D eigenvalue weighted by Gasteiger charge is 2.17. The average Bonchev–Trinajstić information content (AvgIpc) is 1.84. The first-order valence-corrected chi connectivity index (χ1v) is 3.99. The van der Waals surface area contributed by atoms with Crippen LogP contribution < -0.4 is 5.32 Å². The lowest BCUT2D eigenvalue weighted by molar-refractivity contribution is 0.0420. The maximum Gasteiger partial charge on any atom is 0.0631 e. The third-order valence-corrected chi connectivity index (χ3v) is 1.70. The van der Waals surface area contributed by atoms with Crippen LogP contribution in [0.2, 0.25) is 0 Å². The van der Waals surface area contributed by atoms with Gasteiger partial charge in [0, 0.05) is 0 Å². The van der Waals surface area contributed by atoms with Crippen LogP contribution in [-0.4, -0.2) is 24.3 Å². The van der Waals surface area contributed by atoms with Crippen molar-refractivity contribution in [1.29, 1.82) is 0 Å². The fourth-order valence-corrected chi connectivity index (χ4v) is 1.06. The van der Waals surface area contributed by atoms with E-state index in [0.717, 1.165) is 25.8 Å². The van der Waals surface area contributed by atoms with Crippen LogP contribution in [0.15, 0.2) is 0 Å². The minimum absolute atomic E-state index is 0.461. The van der Waals surface area contributed by atoms with Gasteiger partial charge < -0.3 is 10.4 Å². The summed E-state index contributed by atoms with van der Waals surface area (Å²) in [6.07, 6.45) is 2.79. The third kappa shape index (κ3) is 4.77. The molecule has 0 saturated carbocycles. The van der Waals surface area contributed by atoms with Gasteiger partial charge >= 0.3 is 0 Å². The molecule has 0 aromatic carbocycles. The molecule has 2 nitrogen and oxygen atoms in total. The fourth-order valence-electron chi connectivity index (χ4n) is 1.06. The minimum atomic E-state index is -0.461. The Morgan fingerprint density at radius 3 is 2.40 bits per heavy atom. The van der Waals surface area contributed by atoms with E-state index in [0.29, 0.717) is 0 Å². The van der Waals surface area contributed by atoms with Crippen LogP contribution in [0.1, 0.15) is 33.1 Å². The average molecular weight is 145 g/mol. The second kappa shape index (κ2) is 4.69. The fraction of sp³-hybridized carbons (Fsp3) is 1.00. The summed E-state index contributed by atoms with van der Waals surface area (Å²) < 4.78 is 0. The first-order chi connectivity index (χ1) is 4.62. The Morgan fingerprint density at radius 1 is 1.40 bits per heavy atom. The Bertz CT molecular complexity index is 81.3. The molecule has 0 aliphatic carbocycles. The van der Waals surface area contributed by atoms with E-state index in [1.54, 1.807) is 0 Å². The van der Waals surface area contributed by atoms with Crippen molar-refractivity contribution in [3.05, 3.63) is 0 Å². The second-order valence-electron chi connectivity index (χ2n) is 3.10. The van der Waals surface area contributed by atoms with Crippen molar-refractivity contribution < 1.29 is 5.11 Å². The maximum absolute atomic E-state index is 9.61. The van der Waals surface area contributed by atoms with Crippen LogP contribution in [0.3, 0.4) is 0 Å². The molecular weight excluding hydrogens is 126 g/mol. The number of nitrogens with one attached hydrogen (secondary N) is 1. The highest BCUT2D eigenvalue weighted by Crippen LogP contribution is 2.14. The molecule has 2 N–H and O–H groups in total. The van der Waals surface area contributed by atoms with Crippen LogP contribution in [0.4, 0.5) is 0 Å². The van der Waals surface area contributed by atoms with E-state index in [1.807, 2.05) is 14.0 Å². The summed E-state index contributed by atoms with van der Waals surface area (Å²) in [4.78, 5) is 0. The van der Waals surface area contributed by atoms with Crippen molar-refractivity contribution in [2.45, 2.75) is 38.7 Å². The summed E-state index contributed by atoms with van der Waals surface area (Å²) in [5, 5.41) is 12.6. The molecule has 10 heavy (non-hydrogen) atoms. The number of rotatable bonds is 5. The number of aliphatic hydroxyl groups is 1. The van der Waals surface area contributed by atoms with E-state index in [-0.39, 0.29) is 0 Å². The summed E-state index contributed by atoms with van der Waals surface area (Å²) in [6.45, 7) is 4.88. The summed E-state index contributed by atoms with van der Waals surface area (Å²) in [7, 11) is 1.90. The van der Waals surface area contributed by atoms with Gasteiger partial charge in [-0.05, 0) is 33.4 Å². The third-order valence-electron chi connectivity index (χ3n) is 1.70. The van der Waals surface area contributed by atoms with Gasteiger partial charge in [-0.25, -0.2) is 0 Å². The van der Waals surface area contributed by atoms with E-state index in [1.165, 1.54) is 0 Å². The highest BCUT2D eigenvalue weighted by molar-refractivity contribution is 4.71. The van der Waals surface area contributed by atoms with Gasteiger partial charge in [-0.1, -0.05) is 13.3 Å². The lowest BCUT2D eigenvalue weighted by atomic mass is 9.97. The molecule has 0 aliphatic rings. The van der Waals surface area contributed by atoms with Crippen LogP contribution >= 0.6 is 0 Å². The van der Waals surface area contributed by atoms with Crippen LogP contribution in [-0.2, 0) is 0 Å². The Hall–Kier alpha value is -0.0800. The SMILES string of the molecule is CCCC(C)(O)CCNC. The van der Waals surface area contributed by atoms with Crippen molar-refractivity contribution in [2.24, 2.45) is 0 Å². The Kier molecular flexibility index (Phi) is 4.65. The molecule has 0 aromatic heterocycles. The first kappa shape index (κ1) is 9.92. The largest absolute Gasteiger partial charge is 0.390 e. The molecule has 0 aliphatic heterocycles. The van der Waals surface area contributed by atoms with Crippen LogP contribution in [0.5, 0.6) is 0 Å². The quantitative estimate of drug-likeness (QED) is 0.608. The molecule has 0 aromatic rings. The smallest absolute Gasteiger partial charge is 0.0631 e. The molecule has 0 rings (SSSR count). The molecule has 0 bridgehead atoms. The van der Waals surface area contributed by atoms with Crippen molar-refractivity contribution in [3.8, 4) is 0 Å². The van der Waals surface area contributed by atoms with Gasteiger partial charge in [0.05, 0.1) is 5.60 Å². The van der Waals surface area contributed by atoms with Gasteiger partial charge in [0.25, 0.3) is 0 Å². The predicted molar refractivity (Wildman–Crippen MR) is 44.1 cm³/mol. The van der Waals surface area contributed by atoms with E-state index in [4.69, 9.17) is 0 Å². The Balaban J connectivity index is 3.42. The molecule has 0 fully saturated rings. The summed E-state index contributed by atoms with van der Waals surface area (Å²) in [5.41, 5.74) is -0.461. The number of hydrogen-bond donors (Lipinski definition) is 2. The molecule has 0 amide bonds. The lowest BCUT2D eigenvalue weighted by Crippen LogP contribution is -2.28. The first-order valence-electron chi connectivity index (χ1n) is 3.99. The summed E-state index contributed by atoms with van der Waals surface area (Å²) in [6, 6.07) is 0. The summed E-state index contributed by atoms with van der Waals surface area (Å²) >= 11 is 0. The van der Waals surface area contributed by atoms with Crippen molar-refractivity contribution >= 4 is 0 Å². The molecular formula is C8H19NO. The normalized spacial score (nSPS) is 16.8. The van der Waals surface area contributed by atoms with Crippen molar-refractivity contribution in [2.75, 3.05) is 13.6 Å². The van der Waals surface area contributed by atoms with E-state index in [2.05, 4.69) is 12.2 Å². The second-order valence-corrected chi connectivity index (χ2v) is 3.10. The summed E-state index contributed by atoms with van der Waals surface area (Å²) in [5.74, 6) is 0. The molecule has 0 saturated heterocycles. The molecule has 0 radical (unpaired) electrons. The number of hydrogen-bond acceptors (Lipinski definition) is 2. The minimum Gasteiger partial charge on any atom is -0.390 e. The lowest BCUT2D eigenvalue weighted by Gasteiger charge is -2.21. The zero-order chi connectivity index (χ0) is 8.04. The van der Waals surface area contributed by atoms with E-state index >= 15 is 0 Å². The molecule has 0 spiro atoms. The molecule has 2 heteroatoms. The Labute approximate surface area is 63.6 Å². The predicted octanol–water partition coefficient (Wildman–Crippen LogP) is 1.15. The van der Waals surface area contributed by atoms with Crippen LogP contribution in [0, 0.1) is 0 Å². The highest BCUT2D eigenvalue weighted by atomic mass is 16.3. The molecule has 1 unspecified atom stereocenters. The maximum atomic E-state index is 9.61. The van der Waals surface area contributed by atoms with E-state index in [9.17, 15) is 5.11 Å². The van der Waals surface area contributed by atoms with Gasteiger partial charge in [0.1, 0.15) is 0 Å². The van der Waals surface area contributed by atoms with Crippen molar-refractivity contribution in [3.63, 3.8) is 0 Å². The topological polar surface area (TPSA) is 32.3 Å². The monoisotopic (exact) mass is 145 g/mol. The molecule has 0 heterocycles. The zero-order valence-electron chi connectivity index (χ0n) is 7.28. The molecule has 62 valence electrons. The van der Waals surface area contributed by atoms with Crippen LogP contribution in [0.25, 0.3) is 0 Å². The van der Waals surface area contributed by atoms with Gasteiger partial charge in [-0.15, -0.1) is 0 Å². The Morgan fingerprint density at radius 2 is 2.00 bits per heavy atom. The van der Waals surface area contributed by atoms with Gasteiger partial charge in [-0.2, -0.15) is 0 Å². The van der Waals surface area contributed by atoms with Gasteiger partial charge in [0.15, 0.2) is 0 Å². The molecule has 1 atom stereocenters. The van der Waals surface area contributed by atoms with Gasteiger partial charge in [-0.3, -0.25) is 0 Å². The van der Waals surface area contributed by atoms with Crippen molar-refractivity contribution in [1.82, 2.24) is 5.32 Å². The van der Waals surface area contributed by atoms with Gasteiger partial charge in [0.2, 0.25) is 0 Å². The van der Waals surface area contributed by atoms with E-state index < -0.39 is 5.60 Å².